The highest BCUT2D eigenvalue weighted by atomic mass is 32.1. The fraction of sp³-hybridized carbons (Fsp3) is 0.550. The van der Waals surface area contributed by atoms with Crippen molar-refractivity contribution in [2.24, 2.45) is 0 Å². The molecular formula is C20H23F6N5O6S. The number of alkyl halides is 6. The number of nitrogens with zero attached hydrogens (tertiary/aromatic N) is 5. The van der Waals surface area contributed by atoms with Gasteiger partial charge in [-0.3, -0.25) is 4.90 Å². The van der Waals surface area contributed by atoms with E-state index in [9.17, 15) is 26.3 Å². The van der Waals surface area contributed by atoms with Crippen molar-refractivity contribution in [2.45, 2.75) is 24.9 Å². The molecule has 4 heterocycles. The Morgan fingerprint density at radius 1 is 0.947 bits per heavy atom. The number of carboxylic acids is 2. The molecule has 212 valence electrons. The lowest BCUT2D eigenvalue weighted by molar-refractivity contribution is -0.193. The number of hydrogen-bond donors (Lipinski definition) is 2. The molecule has 4 rings (SSSR count). The highest BCUT2D eigenvalue weighted by Crippen LogP contribution is 2.25. The van der Waals surface area contributed by atoms with Gasteiger partial charge in [-0.1, -0.05) is 0 Å². The first-order valence-electron chi connectivity index (χ1n) is 10.7. The van der Waals surface area contributed by atoms with Crippen LogP contribution in [0.25, 0.3) is 0 Å². The Morgan fingerprint density at radius 2 is 1.53 bits per heavy atom. The Hall–Kier alpha value is -3.09. The third-order valence-electron chi connectivity index (χ3n) is 4.84. The van der Waals surface area contributed by atoms with Crippen LogP contribution >= 0.6 is 11.3 Å². The summed E-state index contributed by atoms with van der Waals surface area (Å²) in [5, 5.41) is 17.4. The number of aliphatic carboxylic acids is 2. The quantitative estimate of drug-likeness (QED) is 0.521. The van der Waals surface area contributed by atoms with Crippen molar-refractivity contribution in [3.8, 4) is 0 Å². The molecule has 0 saturated carbocycles. The van der Waals surface area contributed by atoms with E-state index in [-0.39, 0.29) is 6.04 Å². The Kier molecular flexibility index (Phi) is 11.6. The van der Waals surface area contributed by atoms with Crippen molar-refractivity contribution in [3.63, 3.8) is 0 Å². The maximum atomic E-state index is 10.6. The lowest BCUT2D eigenvalue weighted by atomic mass is 10.2. The number of morpholine rings is 2. The van der Waals surface area contributed by atoms with E-state index in [0.29, 0.717) is 6.61 Å². The van der Waals surface area contributed by atoms with Gasteiger partial charge in [0.1, 0.15) is 16.6 Å². The molecule has 0 spiro atoms. The zero-order valence-electron chi connectivity index (χ0n) is 19.5. The molecule has 0 aromatic carbocycles. The maximum Gasteiger partial charge on any atom is 0.490 e. The van der Waals surface area contributed by atoms with Gasteiger partial charge in [0.05, 0.1) is 39.0 Å². The minimum Gasteiger partial charge on any atom is -0.475 e. The highest BCUT2D eigenvalue weighted by molar-refractivity contribution is 7.09. The van der Waals surface area contributed by atoms with Crippen LogP contribution in [0.15, 0.2) is 23.8 Å². The number of carbonyl (C=O) groups is 2. The summed E-state index contributed by atoms with van der Waals surface area (Å²) in [6.45, 7) is 6.31. The number of aromatic nitrogens is 3. The molecule has 2 fully saturated rings. The molecule has 2 aliphatic heterocycles. The Morgan fingerprint density at radius 3 is 2.05 bits per heavy atom. The second kappa shape index (κ2) is 14.2. The summed E-state index contributed by atoms with van der Waals surface area (Å²) >= 11 is 1.68. The number of carboxylic acid groups (broad SMARTS) is 2. The largest absolute Gasteiger partial charge is 0.490 e. The van der Waals surface area contributed by atoms with Crippen LogP contribution in [0.5, 0.6) is 0 Å². The van der Waals surface area contributed by atoms with Crippen LogP contribution in [-0.4, -0.2) is 100 Å². The van der Waals surface area contributed by atoms with Crippen molar-refractivity contribution in [1.82, 2.24) is 19.9 Å². The van der Waals surface area contributed by atoms with E-state index in [1.807, 2.05) is 23.8 Å². The smallest absolute Gasteiger partial charge is 0.475 e. The molecule has 0 radical (unpaired) electrons. The Labute approximate surface area is 215 Å². The monoisotopic (exact) mass is 575 g/mol. The summed E-state index contributed by atoms with van der Waals surface area (Å²) < 4.78 is 74.6. The fourth-order valence-electron chi connectivity index (χ4n) is 3.06. The average Bonchev–Trinajstić information content (AvgIpc) is 3.38. The van der Waals surface area contributed by atoms with Crippen LogP contribution in [0, 0.1) is 0 Å². The lowest BCUT2D eigenvalue weighted by Crippen LogP contribution is -2.40. The zero-order valence-corrected chi connectivity index (χ0v) is 20.3. The van der Waals surface area contributed by atoms with Crippen LogP contribution in [0.4, 0.5) is 32.2 Å². The summed E-state index contributed by atoms with van der Waals surface area (Å²) in [5.41, 5.74) is 0. The molecule has 1 atom stereocenters. The molecule has 2 saturated heterocycles. The molecular weight excluding hydrogens is 552 g/mol. The molecule has 2 aliphatic rings. The van der Waals surface area contributed by atoms with Gasteiger partial charge in [0.2, 0.25) is 0 Å². The number of thiazole rings is 1. The normalized spacial score (nSPS) is 18.5. The van der Waals surface area contributed by atoms with Gasteiger partial charge in [-0.05, 0) is 6.07 Å². The van der Waals surface area contributed by atoms with Crippen molar-refractivity contribution < 1.29 is 55.6 Å². The molecule has 1 unspecified atom stereocenters. The third kappa shape index (κ3) is 10.3. The molecule has 2 aromatic rings. The number of halogens is 6. The second-order valence-electron chi connectivity index (χ2n) is 7.47. The summed E-state index contributed by atoms with van der Waals surface area (Å²) in [6, 6.07) is 2.05. The van der Waals surface area contributed by atoms with Gasteiger partial charge in [0.25, 0.3) is 0 Å². The fourth-order valence-corrected chi connectivity index (χ4v) is 3.70. The van der Waals surface area contributed by atoms with E-state index in [1.165, 1.54) is 0 Å². The SMILES string of the molecule is O=C(O)C(F)(F)F.O=C(O)C(F)(F)F.c1cc(N2CCOCC2)nc(C2COCCN2Cc2nccs2)n1. The minimum atomic E-state index is -5.08. The van der Waals surface area contributed by atoms with Gasteiger partial charge >= 0.3 is 24.3 Å². The first-order chi connectivity index (χ1) is 17.8. The maximum absolute atomic E-state index is 10.6. The lowest BCUT2D eigenvalue weighted by Gasteiger charge is -2.34. The molecule has 11 nitrogen and oxygen atoms in total. The van der Waals surface area contributed by atoms with E-state index in [4.69, 9.17) is 34.3 Å². The minimum absolute atomic E-state index is 0.0728. The first-order valence-corrected chi connectivity index (χ1v) is 11.6. The number of ether oxygens (including phenoxy) is 2. The predicted octanol–water partition coefficient (Wildman–Crippen LogP) is 2.61. The van der Waals surface area contributed by atoms with Crippen LogP contribution < -0.4 is 4.90 Å². The molecule has 0 aliphatic carbocycles. The first kappa shape index (κ1) is 31.1. The highest BCUT2D eigenvalue weighted by Gasteiger charge is 2.39. The van der Waals surface area contributed by atoms with Gasteiger partial charge in [0, 0.05) is 37.4 Å². The van der Waals surface area contributed by atoms with Gasteiger partial charge in [-0.25, -0.2) is 24.5 Å². The van der Waals surface area contributed by atoms with E-state index in [0.717, 1.165) is 62.6 Å². The van der Waals surface area contributed by atoms with Crippen LogP contribution in [0.1, 0.15) is 16.9 Å². The van der Waals surface area contributed by atoms with Gasteiger partial charge < -0.3 is 24.6 Å². The topological polar surface area (TPSA) is 138 Å². The van der Waals surface area contributed by atoms with Crippen molar-refractivity contribution >= 4 is 29.1 Å². The standard InChI is InChI=1S/C16H21N5O2S.2C2HF3O2/c1-2-18-16(19-14(1)20-4-7-22-8-5-20)13-12-23-9-6-21(13)11-15-17-3-10-24-15;2*3-2(4,5)1(6)7/h1-3,10,13H,4-9,11-12H2;2*(H,6,7). The van der Waals surface area contributed by atoms with Crippen LogP contribution in [0.3, 0.4) is 0 Å². The zero-order chi connectivity index (χ0) is 28.3. The summed E-state index contributed by atoms with van der Waals surface area (Å²) in [4.78, 5) is 36.2. The molecule has 0 bridgehead atoms. The predicted molar refractivity (Wildman–Crippen MR) is 119 cm³/mol. The Balaban J connectivity index is 0.000000301. The van der Waals surface area contributed by atoms with Crippen molar-refractivity contribution in [1.29, 1.82) is 0 Å². The van der Waals surface area contributed by atoms with Crippen LogP contribution in [0.2, 0.25) is 0 Å². The van der Waals surface area contributed by atoms with E-state index in [1.54, 1.807) is 11.3 Å². The molecule has 2 aromatic heterocycles. The van der Waals surface area contributed by atoms with Crippen LogP contribution in [-0.2, 0) is 25.6 Å². The second-order valence-corrected chi connectivity index (χ2v) is 8.44. The Bertz CT molecular complexity index is 997. The molecule has 18 heteroatoms. The van der Waals surface area contributed by atoms with Gasteiger partial charge in [0.15, 0.2) is 0 Å². The summed E-state index contributed by atoms with van der Waals surface area (Å²) in [6.07, 6.45) is -6.46. The van der Waals surface area contributed by atoms with E-state index in [2.05, 4.69) is 19.8 Å². The van der Waals surface area contributed by atoms with Crippen molar-refractivity contribution in [3.05, 3.63) is 34.7 Å². The summed E-state index contributed by atoms with van der Waals surface area (Å²) in [5.74, 6) is -3.71. The number of anilines is 1. The molecule has 0 amide bonds. The number of hydrogen-bond acceptors (Lipinski definition) is 10. The van der Waals surface area contributed by atoms with E-state index < -0.39 is 24.3 Å². The van der Waals surface area contributed by atoms with Gasteiger partial charge in [-0.2, -0.15) is 26.3 Å². The third-order valence-corrected chi connectivity index (χ3v) is 5.60. The molecule has 2 N–H and O–H groups in total. The van der Waals surface area contributed by atoms with E-state index >= 15 is 0 Å². The summed E-state index contributed by atoms with van der Waals surface area (Å²) in [7, 11) is 0. The molecule has 38 heavy (non-hydrogen) atoms. The van der Waals surface area contributed by atoms with Crippen molar-refractivity contribution in [2.75, 3.05) is 51.0 Å². The number of rotatable bonds is 4. The average molecular weight is 575 g/mol. The van der Waals surface area contributed by atoms with Gasteiger partial charge in [-0.15, -0.1) is 11.3 Å².